The van der Waals surface area contributed by atoms with E-state index < -0.39 is 10.0 Å². The number of likely N-dealkylation sites (tertiary alicyclic amines) is 1. The highest BCUT2D eigenvalue weighted by molar-refractivity contribution is 7.89. The number of nitrogens with zero attached hydrogens (tertiary/aromatic N) is 2. The first-order chi connectivity index (χ1) is 14.8. The van der Waals surface area contributed by atoms with E-state index in [0.29, 0.717) is 37.5 Å². The van der Waals surface area contributed by atoms with Crippen LogP contribution in [0.15, 0.2) is 29.2 Å². The maximum atomic E-state index is 12.9. The van der Waals surface area contributed by atoms with Crippen LogP contribution in [0.5, 0.6) is 0 Å². The number of hydrogen-bond donors (Lipinski definition) is 2. The van der Waals surface area contributed by atoms with Gasteiger partial charge < -0.3 is 16.0 Å². The maximum Gasteiger partial charge on any atom is 0.243 e. The minimum Gasteiger partial charge on any atom is -0.369 e. The normalized spacial score (nSPS) is 23.4. The number of sulfonamides is 1. The van der Waals surface area contributed by atoms with E-state index in [1.807, 2.05) is 0 Å². The number of primary amides is 1. The van der Waals surface area contributed by atoms with Gasteiger partial charge in [0, 0.05) is 31.2 Å². The Labute approximate surface area is 189 Å². The summed E-state index contributed by atoms with van der Waals surface area (Å²) in [6.07, 6.45) is 3.90. The van der Waals surface area contributed by atoms with Crippen molar-refractivity contribution in [1.29, 1.82) is 0 Å². The molecule has 2 heterocycles. The summed E-state index contributed by atoms with van der Waals surface area (Å²) >= 11 is 5.86. The number of piperidine rings is 2. The quantitative estimate of drug-likeness (QED) is 0.558. The largest absolute Gasteiger partial charge is 0.369 e. The Morgan fingerprint density at radius 2 is 1.74 bits per heavy atom. The summed E-state index contributed by atoms with van der Waals surface area (Å²) in [4.78, 5) is 26.4. The molecule has 0 saturated carbocycles. The minimum absolute atomic E-state index is 0.0841. The van der Waals surface area contributed by atoms with E-state index in [0.717, 1.165) is 32.4 Å². The van der Waals surface area contributed by atoms with Crippen molar-refractivity contribution in [3.05, 3.63) is 29.3 Å². The molecule has 2 fully saturated rings. The first kappa shape index (κ1) is 24.0. The van der Waals surface area contributed by atoms with Crippen molar-refractivity contribution in [2.75, 3.05) is 39.3 Å². The van der Waals surface area contributed by atoms with Crippen molar-refractivity contribution in [3.8, 4) is 0 Å². The Hall–Kier alpha value is -1.68. The third-order valence-corrected chi connectivity index (χ3v) is 8.20. The zero-order valence-corrected chi connectivity index (χ0v) is 19.2. The van der Waals surface area contributed by atoms with Gasteiger partial charge in [0.15, 0.2) is 0 Å². The van der Waals surface area contributed by atoms with Crippen LogP contribution in [0.4, 0.5) is 0 Å². The molecule has 0 aromatic heterocycles. The van der Waals surface area contributed by atoms with Crippen molar-refractivity contribution in [2.24, 2.45) is 17.6 Å². The summed E-state index contributed by atoms with van der Waals surface area (Å²) in [5.74, 6) is -0.790. The molecule has 172 valence electrons. The van der Waals surface area contributed by atoms with E-state index in [4.69, 9.17) is 17.3 Å². The zero-order valence-electron chi connectivity index (χ0n) is 17.6. The summed E-state index contributed by atoms with van der Waals surface area (Å²) in [6, 6.07) is 6.09. The number of rotatable bonds is 8. The molecule has 0 radical (unpaired) electrons. The van der Waals surface area contributed by atoms with Gasteiger partial charge in [-0.05, 0) is 69.5 Å². The van der Waals surface area contributed by atoms with Gasteiger partial charge in [-0.1, -0.05) is 11.6 Å². The lowest BCUT2D eigenvalue weighted by molar-refractivity contribution is -0.126. The van der Waals surface area contributed by atoms with Crippen LogP contribution in [0.2, 0.25) is 5.02 Å². The Balaban J connectivity index is 1.45. The smallest absolute Gasteiger partial charge is 0.243 e. The van der Waals surface area contributed by atoms with Crippen molar-refractivity contribution >= 4 is 33.4 Å². The summed E-state index contributed by atoms with van der Waals surface area (Å²) in [7, 11) is -3.65. The van der Waals surface area contributed by atoms with Crippen molar-refractivity contribution < 1.29 is 18.0 Å². The molecule has 31 heavy (non-hydrogen) atoms. The molecule has 2 saturated heterocycles. The van der Waals surface area contributed by atoms with E-state index in [9.17, 15) is 18.0 Å². The molecule has 2 unspecified atom stereocenters. The molecule has 0 aliphatic carbocycles. The topological polar surface area (TPSA) is 113 Å². The molecule has 0 bridgehead atoms. The molecule has 2 amide bonds. The first-order valence-corrected chi connectivity index (χ1v) is 12.6. The average molecular weight is 471 g/mol. The number of halogens is 1. The fourth-order valence-electron chi connectivity index (χ4n) is 4.28. The van der Waals surface area contributed by atoms with Gasteiger partial charge in [-0.25, -0.2) is 8.42 Å². The molecule has 2 aliphatic rings. The van der Waals surface area contributed by atoms with Crippen LogP contribution < -0.4 is 11.1 Å². The van der Waals surface area contributed by atoms with Gasteiger partial charge in [-0.15, -0.1) is 0 Å². The van der Waals surface area contributed by atoms with Crippen LogP contribution in [0, 0.1) is 11.8 Å². The number of carbonyl (C=O) groups excluding carboxylic acids is 2. The van der Waals surface area contributed by atoms with Gasteiger partial charge in [-0.2, -0.15) is 4.31 Å². The van der Waals surface area contributed by atoms with Crippen molar-refractivity contribution in [2.45, 2.75) is 37.0 Å². The molecule has 1 aromatic rings. The molecule has 10 heteroatoms. The third kappa shape index (κ3) is 6.41. The number of nitrogens with two attached hydrogens (primary N) is 1. The monoisotopic (exact) mass is 470 g/mol. The molecule has 0 spiro atoms. The lowest BCUT2D eigenvalue weighted by Gasteiger charge is -2.32. The van der Waals surface area contributed by atoms with Gasteiger partial charge in [-0.3, -0.25) is 9.59 Å². The first-order valence-electron chi connectivity index (χ1n) is 10.8. The summed E-state index contributed by atoms with van der Waals surface area (Å²) in [5.41, 5.74) is 5.42. The zero-order chi connectivity index (χ0) is 22.4. The van der Waals surface area contributed by atoms with E-state index in [-0.39, 0.29) is 35.1 Å². The number of amides is 2. The third-order valence-electron chi connectivity index (χ3n) is 6.06. The second kappa shape index (κ2) is 10.8. The number of hydrogen-bond acceptors (Lipinski definition) is 5. The highest BCUT2D eigenvalue weighted by Gasteiger charge is 2.33. The van der Waals surface area contributed by atoms with E-state index in [1.54, 1.807) is 12.1 Å². The summed E-state index contributed by atoms with van der Waals surface area (Å²) < 4.78 is 27.2. The van der Waals surface area contributed by atoms with Gasteiger partial charge in [0.05, 0.1) is 16.7 Å². The van der Waals surface area contributed by atoms with Crippen LogP contribution in [0.3, 0.4) is 0 Å². The lowest BCUT2D eigenvalue weighted by Crippen LogP contribution is -2.46. The highest BCUT2D eigenvalue weighted by atomic mass is 35.5. The predicted octanol–water partition coefficient (Wildman–Crippen LogP) is 1.44. The van der Waals surface area contributed by atoms with Gasteiger partial charge >= 0.3 is 0 Å². The summed E-state index contributed by atoms with van der Waals surface area (Å²) in [6.45, 7) is 3.54. The SMILES string of the molecule is NC(=O)C1CCCN(CCCNC(=O)C2CCCN(S(=O)(=O)c3ccc(Cl)cc3)C2)C1. The Morgan fingerprint density at radius 1 is 1.06 bits per heavy atom. The van der Waals surface area contributed by atoms with Crippen molar-refractivity contribution in [1.82, 2.24) is 14.5 Å². The van der Waals surface area contributed by atoms with Crippen LogP contribution in [-0.4, -0.2) is 68.7 Å². The minimum atomic E-state index is -3.65. The summed E-state index contributed by atoms with van der Waals surface area (Å²) in [5, 5.41) is 3.43. The molecule has 1 aromatic carbocycles. The van der Waals surface area contributed by atoms with Crippen LogP contribution in [-0.2, 0) is 19.6 Å². The Morgan fingerprint density at radius 3 is 2.45 bits per heavy atom. The standard InChI is InChI=1S/C21H31ClN4O4S/c22-18-6-8-19(9-7-18)31(29,30)26-13-2-5-17(15-26)21(28)24-10-3-12-25-11-1-4-16(14-25)20(23)27/h6-9,16-17H,1-5,10-15H2,(H2,23,27)(H,24,28). The Kier molecular flexibility index (Phi) is 8.32. The average Bonchev–Trinajstić information content (AvgIpc) is 2.77. The van der Waals surface area contributed by atoms with Crippen LogP contribution in [0.1, 0.15) is 32.1 Å². The fraction of sp³-hybridized carbons (Fsp3) is 0.619. The molecule has 2 atom stereocenters. The number of nitrogens with one attached hydrogen (secondary N) is 1. The van der Waals surface area contributed by atoms with E-state index >= 15 is 0 Å². The fourth-order valence-corrected chi connectivity index (χ4v) is 5.93. The second-order valence-electron chi connectivity index (χ2n) is 8.34. The Bertz CT molecular complexity index is 878. The van der Waals surface area contributed by atoms with Crippen LogP contribution >= 0.6 is 11.6 Å². The maximum absolute atomic E-state index is 12.9. The van der Waals surface area contributed by atoms with Gasteiger partial charge in [0.1, 0.15) is 0 Å². The second-order valence-corrected chi connectivity index (χ2v) is 10.7. The van der Waals surface area contributed by atoms with Gasteiger partial charge in [0.25, 0.3) is 0 Å². The van der Waals surface area contributed by atoms with Crippen LogP contribution in [0.25, 0.3) is 0 Å². The molecule has 2 aliphatic heterocycles. The van der Waals surface area contributed by atoms with E-state index in [2.05, 4.69) is 10.2 Å². The van der Waals surface area contributed by atoms with E-state index in [1.165, 1.54) is 16.4 Å². The number of carbonyl (C=O) groups is 2. The predicted molar refractivity (Wildman–Crippen MR) is 119 cm³/mol. The molecular weight excluding hydrogens is 440 g/mol. The lowest BCUT2D eigenvalue weighted by atomic mass is 9.97. The highest BCUT2D eigenvalue weighted by Crippen LogP contribution is 2.25. The molecular formula is C21H31ClN4O4S. The number of benzene rings is 1. The molecule has 3 N–H and O–H groups in total. The molecule has 3 rings (SSSR count). The van der Waals surface area contributed by atoms with Gasteiger partial charge in [0.2, 0.25) is 21.8 Å². The van der Waals surface area contributed by atoms with Crippen molar-refractivity contribution in [3.63, 3.8) is 0 Å². The molecule has 8 nitrogen and oxygen atoms in total.